The molecule has 0 aromatic carbocycles. The minimum atomic E-state index is -1.24. The Bertz CT molecular complexity index is 229. The Morgan fingerprint density at radius 3 is 2.46 bits per heavy atom. The minimum absolute atomic E-state index is 0.608. The van der Waals surface area contributed by atoms with Crippen molar-refractivity contribution in [2.24, 2.45) is 17.2 Å². The molecule has 7 heteroatoms. The van der Waals surface area contributed by atoms with Crippen molar-refractivity contribution in [3.8, 4) is 0 Å². The number of nitrogens with two attached hydrogens (primary N) is 3. The van der Waals surface area contributed by atoms with Gasteiger partial charge in [-0.05, 0) is 13.7 Å². The third kappa shape index (κ3) is 1.69. The summed E-state index contributed by atoms with van der Waals surface area (Å²) in [5.41, 5.74) is 18.3. The molecule has 1 aliphatic rings. The van der Waals surface area contributed by atoms with Gasteiger partial charge in [-0.15, -0.1) is 0 Å². The number of rotatable bonds is 1. The lowest BCUT2D eigenvalue weighted by molar-refractivity contribution is 0.143. The van der Waals surface area contributed by atoms with Crippen molar-refractivity contribution in [1.29, 1.82) is 0 Å². The molecule has 1 fully saturated rings. The SMILES string of the molecule is C=C1NC(N)(N)C(N)(NC)NP1C. The first-order chi connectivity index (χ1) is 5.82. The third-order valence-electron chi connectivity index (χ3n) is 2.15. The van der Waals surface area contributed by atoms with Gasteiger partial charge < -0.3 is 5.32 Å². The largest absolute Gasteiger partial charge is 0.351 e. The smallest absolute Gasteiger partial charge is 0.186 e. The van der Waals surface area contributed by atoms with Gasteiger partial charge in [-0.1, -0.05) is 6.58 Å². The van der Waals surface area contributed by atoms with Gasteiger partial charge in [0, 0.05) is 13.5 Å². The third-order valence-corrected chi connectivity index (χ3v) is 3.76. The monoisotopic (exact) mass is 204 g/mol. The molecule has 1 rings (SSSR count). The summed E-state index contributed by atoms with van der Waals surface area (Å²) in [7, 11) is 1.09. The van der Waals surface area contributed by atoms with Gasteiger partial charge in [-0.25, -0.2) is 0 Å². The van der Waals surface area contributed by atoms with Gasteiger partial charge in [0.25, 0.3) is 0 Å². The van der Waals surface area contributed by atoms with Crippen LogP contribution in [0.25, 0.3) is 0 Å². The highest BCUT2D eigenvalue weighted by molar-refractivity contribution is 7.59. The first-order valence-electron chi connectivity index (χ1n) is 3.86. The predicted octanol–water partition coefficient (Wildman–Crippen LogP) is -1.92. The van der Waals surface area contributed by atoms with Crippen LogP contribution in [0.3, 0.4) is 0 Å². The van der Waals surface area contributed by atoms with Crippen LogP contribution in [0.5, 0.6) is 0 Å². The Morgan fingerprint density at radius 2 is 2.00 bits per heavy atom. The van der Waals surface area contributed by atoms with Crippen LogP contribution >= 0.6 is 8.07 Å². The normalized spacial score (nSPS) is 38.5. The number of likely N-dealkylation sites (N-methyl/N-ethyl adjacent to an activating group) is 1. The second kappa shape index (κ2) is 3.16. The van der Waals surface area contributed by atoms with Crippen molar-refractivity contribution in [2.45, 2.75) is 11.6 Å². The van der Waals surface area contributed by atoms with Gasteiger partial charge in [0.05, 0.1) is 0 Å². The van der Waals surface area contributed by atoms with E-state index in [0.717, 1.165) is 5.44 Å². The summed E-state index contributed by atoms with van der Waals surface area (Å²) < 4.78 is 0. The lowest BCUT2D eigenvalue weighted by Gasteiger charge is -2.50. The molecular formula is C6H17N6P. The zero-order chi connectivity index (χ0) is 10.3. The molecule has 0 radical (unpaired) electrons. The molecule has 2 unspecified atom stereocenters. The molecule has 1 saturated heterocycles. The van der Waals surface area contributed by atoms with Gasteiger partial charge in [0.15, 0.2) is 11.6 Å². The fourth-order valence-electron chi connectivity index (χ4n) is 1.11. The van der Waals surface area contributed by atoms with E-state index in [4.69, 9.17) is 17.2 Å². The summed E-state index contributed by atoms with van der Waals surface area (Å²) >= 11 is 0. The number of hydrogen-bond donors (Lipinski definition) is 6. The van der Waals surface area contributed by atoms with Crippen molar-refractivity contribution in [1.82, 2.24) is 15.7 Å². The summed E-state index contributed by atoms with van der Waals surface area (Å²) in [5, 5.41) is 8.84. The van der Waals surface area contributed by atoms with Crippen LogP contribution in [0.1, 0.15) is 0 Å². The fraction of sp³-hybridized carbons (Fsp3) is 0.667. The summed E-state index contributed by atoms with van der Waals surface area (Å²) in [6.07, 6.45) is 0. The molecule has 0 amide bonds. The molecule has 0 aromatic rings. The van der Waals surface area contributed by atoms with Crippen molar-refractivity contribution < 1.29 is 0 Å². The Balaban J connectivity index is 2.92. The molecule has 0 aromatic heterocycles. The van der Waals surface area contributed by atoms with E-state index in [1.807, 2.05) is 6.66 Å². The molecular weight excluding hydrogens is 187 g/mol. The average molecular weight is 204 g/mol. The highest BCUT2D eigenvalue weighted by Gasteiger charge is 2.47. The highest BCUT2D eigenvalue weighted by atomic mass is 31.1. The van der Waals surface area contributed by atoms with Crippen LogP contribution in [0.15, 0.2) is 12.0 Å². The summed E-state index contributed by atoms with van der Waals surface area (Å²) in [5.74, 6) is -2.26. The van der Waals surface area contributed by atoms with Crippen LogP contribution in [-0.4, -0.2) is 25.3 Å². The van der Waals surface area contributed by atoms with E-state index in [2.05, 4.69) is 22.3 Å². The van der Waals surface area contributed by atoms with E-state index in [0.29, 0.717) is 0 Å². The second-order valence-corrected chi connectivity index (χ2v) is 5.05. The zero-order valence-electron chi connectivity index (χ0n) is 7.89. The molecule has 76 valence electrons. The number of hydrogen-bond acceptors (Lipinski definition) is 6. The maximum Gasteiger partial charge on any atom is 0.186 e. The topological polar surface area (TPSA) is 114 Å². The lowest BCUT2D eigenvalue weighted by Crippen LogP contribution is -2.88. The van der Waals surface area contributed by atoms with Gasteiger partial charge in [0.1, 0.15) is 0 Å². The van der Waals surface area contributed by atoms with Crippen molar-refractivity contribution in [2.75, 3.05) is 13.7 Å². The summed E-state index contributed by atoms with van der Waals surface area (Å²) in [6, 6.07) is 0. The maximum absolute atomic E-state index is 5.93. The molecule has 2 atom stereocenters. The lowest BCUT2D eigenvalue weighted by atomic mass is 10.2. The van der Waals surface area contributed by atoms with E-state index in [1.54, 1.807) is 7.05 Å². The average Bonchev–Trinajstić information content (AvgIpc) is 2.00. The van der Waals surface area contributed by atoms with Gasteiger partial charge in [-0.2, -0.15) is 0 Å². The van der Waals surface area contributed by atoms with Gasteiger partial charge in [-0.3, -0.25) is 27.6 Å². The van der Waals surface area contributed by atoms with Crippen molar-refractivity contribution >= 4 is 8.07 Å². The van der Waals surface area contributed by atoms with Crippen molar-refractivity contribution in [3.63, 3.8) is 0 Å². The fourth-order valence-corrected chi connectivity index (χ4v) is 2.42. The Labute approximate surface area is 79.1 Å². The standard InChI is InChI=1S/C6H17N6P/c1-4-11-5(7,8)6(9,10-2)12-13(4)3/h10-12H,1,7-9H2,2-3H3. The van der Waals surface area contributed by atoms with Crippen LogP contribution in [0.4, 0.5) is 0 Å². The van der Waals surface area contributed by atoms with Crippen LogP contribution in [-0.2, 0) is 0 Å². The molecule has 0 spiro atoms. The Kier molecular flexibility index (Phi) is 2.64. The molecule has 6 nitrogen and oxygen atoms in total. The number of nitrogens with one attached hydrogen (secondary N) is 3. The molecule has 1 heterocycles. The maximum atomic E-state index is 5.93. The van der Waals surface area contributed by atoms with Gasteiger partial charge >= 0.3 is 0 Å². The minimum Gasteiger partial charge on any atom is -0.351 e. The van der Waals surface area contributed by atoms with Gasteiger partial charge in [0.2, 0.25) is 0 Å². The van der Waals surface area contributed by atoms with E-state index in [1.165, 1.54) is 0 Å². The molecule has 0 bridgehead atoms. The van der Waals surface area contributed by atoms with E-state index in [9.17, 15) is 0 Å². The quantitative estimate of drug-likeness (QED) is 0.219. The highest BCUT2D eigenvalue weighted by Crippen LogP contribution is 2.39. The van der Waals surface area contributed by atoms with Crippen LogP contribution in [0.2, 0.25) is 0 Å². The van der Waals surface area contributed by atoms with E-state index >= 15 is 0 Å². The Hall–Kier alpha value is -0.230. The first-order valence-corrected chi connectivity index (χ1v) is 5.65. The van der Waals surface area contributed by atoms with Crippen LogP contribution < -0.4 is 32.9 Å². The second-order valence-electron chi connectivity index (χ2n) is 3.17. The van der Waals surface area contributed by atoms with E-state index < -0.39 is 19.6 Å². The molecule has 9 N–H and O–H groups in total. The van der Waals surface area contributed by atoms with Crippen molar-refractivity contribution in [3.05, 3.63) is 12.0 Å². The van der Waals surface area contributed by atoms with E-state index in [-0.39, 0.29) is 0 Å². The summed E-state index contributed by atoms with van der Waals surface area (Å²) in [6.45, 7) is 5.79. The van der Waals surface area contributed by atoms with Crippen LogP contribution in [0, 0.1) is 0 Å². The zero-order valence-corrected chi connectivity index (χ0v) is 8.78. The molecule has 13 heavy (non-hydrogen) atoms. The molecule has 1 aliphatic heterocycles. The summed E-state index contributed by atoms with van der Waals surface area (Å²) in [4.78, 5) is 0. The first kappa shape index (κ1) is 10.8. The predicted molar refractivity (Wildman–Crippen MR) is 55.3 cm³/mol. The molecule has 0 saturated carbocycles. The Morgan fingerprint density at radius 1 is 1.46 bits per heavy atom. The molecule has 0 aliphatic carbocycles.